The van der Waals surface area contributed by atoms with Crippen LogP contribution in [0.5, 0.6) is 0 Å². The van der Waals surface area contributed by atoms with Gasteiger partial charge in [-0.25, -0.2) is 4.79 Å². The summed E-state index contributed by atoms with van der Waals surface area (Å²) in [7, 11) is 0. The minimum Gasteiger partial charge on any atom is -0.462 e. The van der Waals surface area contributed by atoms with Gasteiger partial charge in [0.15, 0.2) is 0 Å². The highest BCUT2D eigenvalue weighted by Crippen LogP contribution is 2.23. The minimum atomic E-state index is -0.417. The molecule has 1 N–H and O–H groups in total. The van der Waals surface area contributed by atoms with Crippen molar-refractivity contribution in [1.29, 1.82) is 0 Å². The molecule has 0 atom stereocenters. The van der Waals surface area contributed by atoms with Gasteiger partial charge in [-0.1, -0.05) is 6.08 Å². The fraction of sp³-hybridized carbons (Fsp3) is 0.273. The Hall–Kier alpha value is -1.62. The number of carbonyl (C=O) groups is 2. The molecule has 0 aliphatic heterocycles. The first kappa shape index (κ1) is 12.4. The fourth-order valence-corrected chi connectivity index (χ4v) is 1.86. The summed E-state index contributed by atoms with van der Waals surface area (Å²) >= 11 is 1.29. The van der Waals surface area contributed by atoms with Crippen LogP contribution < -0.4 is 5.32 Å². The van der Waals surface area contributed by atoms with Crippen LogP contribution in [0.15, 0.2) is 23.6 Å². The molecule has 0 fully saturated rings. The van der Waals surface area contributed by atoms with Crippen molar-refractivity contribution in [1.82, 2.24) is 0 Å². The Labute approximate surface area is 97.9 Å². The SMILES string of the molecule is C/C=C/C(=O)Nc1sccc1C(=O)OCC. The summed E-state index contributed by atoms with van der Waals surface area (Å²) in [6.45, 7) is 3.81. The fourth-order valence-electron chi connectivity index (χ4n) is 1.08. The van der Waals surface area contributed by atoms with Gasteiger partial charge in [-0.2, -0.15) is 0 Å². The number of nitrogens with one attached hydrogen (secondary N) is 1. The van der Waals surface area contributed by atoms with Crippen LogP contribution in [0.2, 0.25) is 0 Å². The molecular weight excluding hydrogens is 226 g/mol. The van der Waals surface area contributed by atoms with Crippen LogP contribution in [0, 0.1) is 0 Å². The highest BCUT2D eigenvalue weighted by atomic mass is 32.1. The molecule has 0 bridgehead atoms. The summed E-state index contributed by atoms with van der Waals surface area (Å²) in [4.78, 5) is 22.8. The van der Waals surface area contributed by atoms with Gasteiger partial charge >= 0.3 is 5.97 Å². The maximum absolute atomic E-state index is 11.5. The van der Waals surface area contributed by atoms with Gasteiger partial charge in [-0.3, -0.25) is 4.79 Å². The van der Waals surface area contributed by atoms with Crippen LogP contribution in [0.25, 0.3) is 0 Å². The molecule has 5 heteroatoms. The van der Waals surface area contributed by atoms with Gasteiger partial charge < -0.3 is 10.1 Å². The Morgan fingerprint density at radius 2 is 2.31 bits per heavy atom. The second-order valence-corrected chi connectivity index (χ2v) is 3.79. The summed E-state index contributed by atoms with van der Waals surface area (Å²) in [6.07, 6.45) is 3.03. The van der Waals surface area contributed by atoms with E-state index < -0.39 is 5.97 Å². The number of rotatable bonds is 4. The normalized spacial score (nSPS) is 10.4. The molecule has 0 saturated heterocycles. The van der Waals surface area contributed by atoms with E-state index in [1.165, 1.54) is 17.4 Å². The molecule has 0 aromatic carbocycles. The summed E-state index contributed by atoms with van der Waals surface area (Å²) in [5.41, 5.74) is 0.393. The monoisotopic (exact) mass is 239 g/mol. The molecule has 1 aromatic rings. The van der Waals surface area contributed by atoms with Gasteiger partial charge in [0, 0.05) is 0 Å². The van der Waals surface area contributed by atoms with E-state index in [1.807, 2.05) is 0 Å². The van der Waals surface area contributed by atoms with Crippen molar-refractivity contribution in [3.05, 3.63) is 29.2 Å². The molecule has 0 aliphatic carbocycles. The van der Waals surface area contributed by atoms with E-state index >= 15 is 0 Å². The second-order valence-electron chi connectivity index (χ2n) is 2.87. The first-order valence-corrected chi connectivity index (χ1v) is 5.75. The third-order valence-corrected chi connectivity index (χ3v) is 2.55. The molecule has 0 unspecified atom stereocenters. The van der Waals surface area contributed by atoms with Crippen LogP contribution in [0.1, 0.15) is 24.2 Å². The topological polar surface area (TPSA) is 55.4 Å². The van der Waals surface area contributed by atoms with E-state index in [9.17, 15) is 9.59 Å². The molecule has 0 radical (unpaired) electrons. The van der Waals surface area contributed by atoms with Gasteiger partial charge in [0.2, 0.25) is 5.91 Å². The minimum absolute atomic E-state index is 0.254. The average molecular weight is 239 g/mol. The summed E-state index contributed by atoms with van der Waals surface area (Å²) in [5.74, 6) is -0.671. The lowest BCUT2D eigenvalue weighted by atomic mass is 10.3. The van der Waals surface area contributed by atoms with E-state index in [4.69, 9.17) is 4.74 Å². The van der Waals surface area contributed by atoms with E-state index in [2.05, 4.69) is 5.32 Å². The van der Waals surface area contributed by atoms with Crippen LogP contribution in [0.3, 0.4) is 0 Å². The van der Waals surface area contributed by atoms with Crippen molar-refractivity contribution >= 4 is 28.2 Å². The van der Waals surface area contributed by atoms with Crippen LogP contribution >= 0.6 is 11.3 Å². The number of hydrogen-bond donors (Lipinski definition) is 1. The Morgan fingerprint density at radius 3 is 2.94 bits per heavy atom. The summed E-state index contributed by atoms with van der Waals surface area (Å²) in [5, 5.41) is 4.87. The molecule has 1 heterocycles. The van der Waals surface area contributed by atoms with Gasteiger partial charge in [0.25, 0.3) is 0 Å². The quantitative estimate of drug-likeness (QED) is 0.648. The maximum atomic E-state index is 11.5. The van der Waals surface area contributed by atoms with Crippen molar-refractivity contribution in [3.8, 4) is 0 Å². The highest BCUT2D eigenvalue weighted by molar-refractivity contribution is 7.14. The number of anilines is 1. The molecule has 0 saturated carbocycles. The number of ether oxygens (including phenoxy) is 1. The van der Waals surface area contributed by atoms with E-state index in [-0.39, 0.29) is 5.91 Å². The highest BCUT2D eigenvalue weighted by Gasteiger charge is 2.14. The van der Waals surface area contributed by atoms with Gasteiger partial charge in [0.05, 0.1) is 12.2 Å². The molecule has 86 valence electrons. The van der Waals surface area contributed by atoms with Gasteiger partial charge in [-0.05, 0) is 31.4 Å². The molecular formula is C11H13NO3S. The summed E-state index contributed by atoms with van der Waals surface area (Å²) in [6, 6.07) is 1.63. The zero-order valence-corrected chi connectivity index (χ0v) is 9.97. The van der Waals surface area contributed by atoms with Crippen LogP contribution in [-0.2, 0) is 9.53 Å². The number of allylic oxidation sites excluding steroid dienone is 1. The predicted molar refractivity (Wildman–Crippen MR) is 63.7 cm³/mol. The maximum Gasteiger partial charge on any atom is 0.341 e. The lowest BCUT2D eigenvalue weighted by molar-refractivity contribution is -0.111. The number of amides is 1. The first-order chi connectivity index (χ1) is 7.69. The smallest absolute Gasteiger partial charge is 0.341 e. The number of carbonyl (C=O) groups excluding carboxylic acids is 2. The standard InChI is InChI=1S/C11H13NO3S/c1-3-5-9(13)12-10-8(6-7-16-10)11(14)15-4-2/h3,5-7H,4H2,1-2H3,(H,12,13)/b5-3+. The molecule has 0 aliphatic rings. The zero-order chi connectivity index (χ0) is 12.0. The second kappa shape index (κ2) is 6.07. The number of hydrogen-bond acceptors (Lipinski definition) is 4. The summed E-state index contributed by atoms with van der Waals surface area (Å²) < 4.78 is 4.87. The average Bonchev–Trinajstić information content (AvgIpc) is 2.66. The van der Waals surface area contributed by atoms with E-state index in [1.54, 1.807) is 31.4 Å². The third kappa shape index (κ3) is 3.20. The van der Waals surface area contributed by atoms with Crippen molar-refractivity contribution in [3.63, 3.8) is 0 Å². The predicted octanol–water partition coefficient (Wildman–Crippen LogP) is 2.44. The Bertz CT molecular complexity index is 409. The van der Waals surface area contributed by atoms with Crippen LogP contribution in [-0.4, -0.2) is 18.5 Å². The van der Waals surface area contributed by atoms with Crippen molar-refractivity contribution in [2.75, 3.05) is 11.9 Å². The molecule has 16 heavy (non-hydrogen) atoms. The molecule has 4 nitrogen and oxygen atoms in total. The van der Waals surface area contributed by atoms with Crippen molar-refractivity contribution in [2.24, 2.45) is 0 Å². The lowest BCUT2D eigenvalue weighted by Crippen LogP contribution is -2.11. The van der Waals surface area contributed by atoms with E-state index in [0.29, 0.717) is 17.2 Å². The Kier molecular flexibility index (Phi) is 4.72. The molecule has 1 rings (SSSR count). The Balaban J connectivity index is 2.78. The van der Waals surface area contributed by atoms with Crippen LogP contribution in [0.4, 0.5) is 5.00 Å². The first-order valence-electron chi connectivity index (χ1n) is 4.87. The molecule has 1 aromatic heterocycles. The number of thiophene rings is 1. The molecule has 1 amide bonds. The largest absolute Gasteiger partial charge is 0.462 e. The van der Waals surface area contributed by atoms with Gasteiger partial charge in [-0.15, -0.1) is 11.3 Å². The number of esters is 1. The van der Waals surface area contributed by atoms with Crippen molar-refractivity contribution < 1.29 is 14.3 Å². The zero-order valence-electron chi connectivity index (χ0n) is 9.15. The van der Waals surface area contributed by atoms with Crippen molar-refractivity contribution in [2.45, 2.75) is 13.8 Å². The Morgan fingerprint density at radius 1 is 1.56 bits per heavy atom. The molecule has 0 spiro atoms. The lowest BCUT2D eigenvalue weighted by Gasteiger charge is -2.03. The third-order valence-electron chi connectivity index (χ3n) is 1.72. The van der Waals surface area contributed by atoms with Gasteiger partial charge in [0.1, 0.15) is 5.00 Å². The van der Waals surface area contributed by atoms with E-state index in [0.717, 1.165) is 0 Å².